The Bertz CT molecular complexity index is 671. The van der Waals surface area contributed by atoms with Crippen LogP contribution >= 0.6 is 0 Å². The summed E-state index contributed by atoms with van der Waals surface area (Å²) >= 11 is 0. The second kappa shape index (κ2) is 8.13. The van der Waals surface area contributed by atoms with Crippen LogP contribution in [-0.4, -0.2) is 35.1 Å². The van der Waals surface area contributed by atoms with Gasteiger partial charge in [-0.2, -0.15) is 0 Å². The Hall–Kier alpha value is -2.11. The lowest BCUT2D eigenvalue weighted by atomic mass is 10.1. The summed E-state index contributed by atoms with van der Waals surface area (Å²) in [5, 5.41) is 17.2. The smallest absolute Gasteiger partial charge is 0.159 e. The lowest BCUT2D eigenvalue weighted by Gasteiger charge is -2.23. The molecule has 5 nitrogen and oxygen atoms in total. The van der Waals surface area contributed by atoms with Crippen molar-refractivity contribution in [2.45, 2.75) is 39.3 Å². The van der Waals surface area contributed by atoms with Crippen LogP contribution in [0.1, 0.15) is 37.8 Å². The maximum absolute atomic E-state index is 10.0. The maximum Gasteiger partial charge on any atom is 0.159 e. The summed E-state index contributed by atoms with van der Waals surface area (Å²) in [6.45, 7) is 8.78. The number of benzene rings is 1. The highest BCUT2D eigenvalue weighted by atomic mass is 16.5. The van der Waals surface area contributed by atoms with E-state index < -0.39 is 6.10 Å². The number of rotatable bonds is 7. The summed E-state index contributed by atoms with van der Waals surface area (Å²) in [4.78, 5) is 0. The SMILES string of the molecule is Cc1cc(C=Cc2ccccc2OCC(O)CNC(C)(C)C)on1. The van der Waals surface area contributed by atoms with Crippen LogP contribution < -0.4 is 10.1 Å². The number of nitrogens with zero attached hydrogens (tertiary/aromatic N) is 1. The average Bonchev–Trinajstić information content (AvgIpc) is 2.94. The molecule has 0 bridgehead atoms. The molecule has 130 valence electrons. The topological polar surface area (TPSA) is 67.5 Å². The molecule has 1 aromatic carbocycles. The van der Waals surface area contributed by atoms with Gasteiger partial charge in [-0.3, -0.25) is 0 Å². The van der Waals surface area contributed by atoms with E-state index in [-0.39, 0.29) is 12.1 Å². The molecule has 0 fully saturated rings. The van der Waals surface area contributed by atoms with Crippen molar-refractivity contribution in [2.75, 3.05) is 13.2 Å². The molecule has 1 atom stereocenters. The first-order chi connectivity index (χ1) is 11.3. The third kappa shape index (κ3) is 6.18. The molecule has 0 radical (unpaired) electrons. The zero-order valence-electron chi connectivity index (χ0n) is 14.7. The second-order valence-corrected chi connectivity index (χ2v) is 6.84. The third-order valence-electron chi connectivity index (χ3n) is 3.29. The van der Waals surface area contributed by atoms with Crippen molar-refractivity contribution in [1.29, 1.82) is 0 Å². The van der Waals surface area contributed by atoms with Gasteiger partial charge in [0, 0.05) is 23.7 Å². The molecule has 0 saturated heterocycles. The van der Waals surface area contributed by atoms with E-state index in [0.717, 1.165) is 17.0 Å². The quantitative estimate of drug-likeness (QED) is 0.815. The lowest BCUT2D eigenvalue weighted by molar-refractivity contribution is 0.0999. The van der Waals surface area contributed by atoms with Crippen molar-refractivity contribution >= 4 is 12.2 Å². The number of aliphatic hydroxyl groups excluding tert-OH is 1. The Morgan fingerprint density at radius 3 is 2.71 bits per heavy atom. The number of hydrogen-bond acceptors (Lipinski definition) is 5. The van der Waals surface area contributed by atoms with Crippen LogP contribution in [0.15, 0.2) is 34.9 Å². The van der Waals surface area contributed by atoms with Gasteiger partial charge in [0.2, 0.25) is 0 Å². The fourth-order valence-electron chi connectivity index (χ4n) is 2.05. The van der Waals surface area contributed by atoms with E-state index in [1.54, 1.807) is 0 Å². The van der Waals surface area contributed by atoms with Crippen LogP contribution in [0.4, 0.5) is 0 Å². The number of hydrogen-bond donors (Lipinski definition) is 2. The van der Waals surface area contributed by atoms with Gasteiger partial charge in [0.1, 0.15) is 18.5 Å². The van der Waals surface area contributed by atoms with E-state index >= 15 is 0 Å². The molecular weight excluding hydrogens is 304 g/mol. The van der Waals surface area contributed by atoms with Gasteiger partial charge in [-0.15, -0.1) is 0 Å². The first-order valence-corrected chi connectivity index (χ1v) is 8.10. The van der Waals surface area contributed by atoms with Gasteiger partial charge in [-0.05, 0) is 45.9 Å². The molecule has 2 N–H and O–H groups in total. The number of ether oxygens (including phenoxy) is 1. The Balaban J connectivity index is 1.95. The summed E-state index contributed by atoms with van der Waals surface area (Å²) in [5.74, 6) is 1.41. The fourth-order valence-corrected chi connectivity index (χ4v) is 2.05. The van der Waals surface area contributed by atoms with Crippen molar-refractivity contribution in [3.63, 3.8) is 0 Å². The Kier molecular flexibility index (Phi) is 6.17. The van der Waals surface area contributed by atoms with Gasteiger partial charge in [-0.1, -0.05) is 23.4 Å². The normalized spacial score (nSPS) is 13.4. The largest absolute Gasteiger partial charge is 0.490 e. The van der Waals surface area contributed by atoms with Crippen LogP contribution in [0.5, 0.6) is 5.75 Å². The highest BCUT2D eigenvalue weighted by Crippen LogP contribution is 2.21. The summed E-state index contributed by atoms with van der Waals surface area (Å²) < 4.78 is 10.9. The molecule has 0 spiro atoms. The lowest BCUT2D eigenvalue weighted by Crippen LogP contribution is -2.42. The van der Waals surface area contributed by atoms with Crippen molar-refractivity contribution < 1.29 is 14.4 Å². The van der Waals surface area contributed by atoms with Gasteiger partial charge >= 0.3 is 0 Å². The van der Waals surface area contributed by atoms with Crippen LogP contribution in [0, 0.1) is 6.92 Å². The van der Waals surface area contributed by atoms with Gasteiger partial charge < -0.3 is 19.7 Å². The monoisotopic (exact) mass is 330 g/mol. The van der Waals surface area contributed by atoms with Crippen molar-refractivity contribution in [3.8, 4) is 5.75 Å². The molecule has 1 heterocycles. The van der Waals surface area contributed by atoms with E-state index in [9.17, 15) is 5.11 Å². The van der Waals surface area contributed by atoms with Gasteiger partial charge in [0.25, 0.3) is 0 Å². The zero-order chi connectivity index (χ0) is 17.6. The van der Waals surface area contributed by atoms with Crippen LogP contribution in [0.25, 0.3) is 12.2 Å². The maximum atomic E-state index is 10.0. The van der Waals surface area contributed by atoms with E-state index in [1.165, 1.54) is 0 Å². The number of aromatic nitrogens is 1. The first-order valence-electron chi connectivity index (χ1n) is 8.10. The average molecular weight is 330 g/mol. The Morgan fingerprint density at radius 1 is 1.29 bits per heavy atom. The van der Waals surface area contributed by atoms with Crippen LogP contribution in [-0.2, 0) is 0 Å². The van der Waals surface area contributed by atoms with E-state index in [4.69, 9.17) is 9.26 Å². The molecule has 0 amide bonds. The minimum Gasteiger partial charge on any atom is -0.490 e. The molecule has 1 unspecified atom stereocenters. The van der Waals surface area contributed by atoms with Crippen molar-refractivity contribution in [3.05, 3.63) is 47.3 Å². The molecule has 2 rings (SSSR count). The number of β-amino-alcohol motifs (C(OH)–C–C–N with tert-alkyl or cyclic N) is 1. The van der Waals surface area contributed by atoms with Crippen molar-refractivity contribution in [1.82, 2.24) is 10.5 Å². The van der Waals surface area contributed by atoms with Crippen LogP contribution in [0.3, 0.4) is 0 Å². The predicted molar refractivity (Wildman–Crippen MR) is 95.9 cm³/mol. The zero-order valence-corrected chi connectivity index (χ0v) is 14.7. The highest BCUT2D eigenvalue weighted by Gasteiger charge is 2.13. The van der Waals surface area contributed by atoms with E-state index in [0.29, 0.717) is 12.3 Å². The molecular formula is C19H26N2O3. The first kappa shape index (κ1) is 18.2. The molecule has 0 saturated carbocycles. The molecule has 0 aliphatic carbocycles. The third-order valence-corrected chi connectivity index (χ3v) is 3.29. The summed E-state index contributed by atoms with van der Waals surface area (Å²) in [6.07, 6.45) is 3.19. The Labute approximate surface area is 143 Å². The summed E-state index contributed by atoms with van der Waals surface area (Å²) in [7, 11) is 0. The minimum absolute atomic E-state index is 0.0309. The molecule has 24 heavy (non-hydrogen) atoms. The number of para-hydroxylation sites is 1. The van der Waals surface area contributed by atoms with Gasteiger partial charge in [0.05, 0.1) is 5.69 Å². The molecule has 1 aromatic heterocycles. The van der Waals surface area contributed by atoms with E-state index in [2.05, 4.69) is 31.2 Å². The molecule has 2 aromatic rings. The van der Waals surface area contributed by atoms with Crippen LogP contribution in [0.2, 0.25) is 0 Å². The molecule has 0 aliphatic heterocycles. The standard InChI is InChI=1S/C19H26N2O3/c1-14-11-17(24-21-14)10-9-15-7-5-6-8-18(15)23-13-16(22)12-20-19(2,3)4/h5-11,16,20,22H,12-13H2,1-4H3. The minimum atomic E-state index is -0.571. The fraction of sp³-hybridized carbons (Fsp3) is 0.421. The summed E-state index contributed by atoms with van der Waals surface area (Å²) in [6, 6.07) is 9.55. The van der Waals surface area contributed by atoms with Crippen molar-refractivity contribution in [2.24, 2.45) is 0 Å². The predicted octanol–water partition coefficient (Wildman–Crippen LogP) is 3.28. The number of aliphatic hydroxyl groups is 1. The molecule has 5 heteroatoms. The van der Waals surface area contributed by atoms with Gasteiger partial charge in [-0.25, -0.2) is 0 Å². The van der Waals surface area contributed by atoms with E-state index in [1.807, 2.05) is 49.4 Å². The highest BCUT2D eigenvalue weighted by molar-refractivity contribution is 5.70. The molecule has 0 aliphatic rings. The summed E-state index contributed by atoms with van der Waals surface area (Å²) in [5.41, 5.74) is 1.73. The number of nitrogens with one attached hydrogen (secondary N) is 1. The Morgan fingerprint density at radius 2 is 2.04 bits per heavy atom. The number of aryl methyl sites for hydroxylation is 1. The second-order valence-electron chi connectivity index (χ2n) is 6.84. The van der Waals surface area contributed by atoms with Gasteiger partial charge in [0.15, 0.2) is 5.76 Å².